The molecule has 2 aromatic rings. The highest BCUT2D eigenvalue weighted by Gasteiger charge is 2.17. The van der Waals surface area contributed by atoms with Crippen LogP contribution >= 0.6 is 11.6 Å². The molecule has 1 amide bonds. The number of nitrogens with one attached hydrogen (secondary N) is 1. The summed E-state index contributed by atoms with van der Waals surface area (Å²) in [5.74, 6) is -1.40. The molecule has 0 aliphatic rings. The van der Waals surface area contributed by atoms with Gasteiger partial charge in [-0.2, -0.15) is 5.26 Å². The van der Waals surface area contributed by atoms with E-state index in [1.54, 1.807) is 18.3 Å². The highest BCUT2D eigenvalue weighted by Crippen LogP contribution is 2.23. The van der Waals surface area contributed by atoms with Crippen molar-refractivity contribution in [3.63, 3.8) is 0 Å². The molecule has 0 aliphatic heterocycles. The molecule has 1 aromatic carbocycles. The second kappa shape index (κ2) is 4.48. The first-order valence-corrected chi connectivity index (χ1v) is 5.44. The van der Waals surface area contributed by atoms with Gasteiger partial charge in [-0.1, -0.05) is 17.7 Å². The molecule has 5 heteroatoms. The maximum absolute atomic E-state index is 11.0. The van der Waals surface area contributed by atoms with Gasteiger partial charge in [0, 0.05) is 22.1 Å². The first kappa shape index (κ1) is 11.5. The van der Waals surface area contributed by atoms with E-state index in [1.165, 1.54) is 0 Å². The number of amides is 1. The van der Waals surface area contributed by atoms with Crippen LogP contribution in [0.25, 0.3) is 10.9 Å². The van der Waals surface area contributed by atoms with E-state index in [-0.39, 0.29) is 0 Å². The standard InChI is InChI=1S/C12H10ClN3O/c13-9-1-2-10-8(6-16-11(10)4-9)3-7(5-14)12(15)17/h1-2,4,6-7,16H,3H2,(H2,15,17)/t7-/m0/s1. The van der Waals surface area contributed by atoms with Crippen molar-refractivity contribution < 1.29 is 4.79 Å². The molecule has 0 spiro atoms. The predicted octanol–water partition coefficient (Wildman–Crippen LogP) is 1.99. The third-order valence-electron chi connectivity index (χ3n) is 2.65. The van der Waals surface area contributed by atoms with Crippen LogP contribution in [0.2, 0.25) is 5.02 Å². The second-order valence-corrected chi connectivity index (χ2v) is 4.23. The van der Waals surface area contributed by atoms with Crippen LogP contribution < -0.4 is 5.73 Å². The number of carbonyl (C=O) groups is 1. The lowest BCUT2D eigenvalue weighted by atomic mass is 10.00. The Balaban J connectivity index is 2.37. The summed E-state index contributed by atoms with van der Waals surface area (Å²) in [6.07, 6.45) is 2.09. The van der Waals surface area contributed by atoms with Gasteiger partial charge in [0.1, 0.15) is 5.92 Å². The monoisotopic (exact) mass is 247 g/mol. The van der Waals surface area contributed by atoms with E-state index in [2.05, 4.69) is 4.98 Å². The van der Waals surface area contributed by atoms with E-state index < -0.39 is 11.8 Å². The number of hydrogen-bond acceptors (Lipinski definition) is 2. The SMILES string of the molecule is N#C[C@H](Cc1c[nH]c2cc(Cl)ccc12)C(N)=O. The van der Waals surface area contributed by atoms with Crippen LogP contribution in [0, 0.1) is 17.2 Å². The first-order chi connectivity index (χ1) is 8.11. The van der Waals surface area contributed by atoms with Gasteiger partial charge in [-0.3, -0.25) is 4.79 Å². The fourth-order valence-electron chi connectivity index (χ4n) is 1.76. The topological polar surface area (TPSA) is 82.7 Å². The number of rotatable bonds is 3. The van der Waals surface area contributed by atoms with Crippen molar-refractivity contribution in [1.29, 1.82) is 5.26 Å². The van der Waals surface area contributed by atoms with E-state index in [0.29, 0.717) is 11.4 Å². The summed E-state index contributed by atoms with van der Waals surface area (Å²) in [4.78, 5) is 14.1. The zero-order valence-electron chi connectivity index (χ0n) is 8.90. The number of H-pyrrole nitrogens is 1. The zero-order valence-corrected chi connectivity index (χ0v) is 9.66. The van der Waals surface area contributed by atoms with E-state index in [0.717, 1.165) is 16.5 Å². The number of fused-ring (bicyclic) bond motifs is 1. The summed E-state index contributed by atoms with van der Waals surface area (Å²) in [5, 5.41) is 10.4. The molecule has 0 saturated carbocycles. The summed E-state index contributed by atoms with van der Waals surface area (Å²) in [6.45, 7) is 0. The van der Waals surface area contributed by atoms with Gasteiger partial charge in [0.2, 0.25) is 5.91 Å². The minimum absolute atomic E-state index is 0.313. The minimum Gasteiger partial charge on any atom is -0.369 e. The quantitative estimate of drug-likeness (QED) is 0.869. The Morgan fingerprint density at radius 1 is 1.59 bits per heavy atom. The zero-order chi connectivity index (χ0) is 12.4. The van der Waals surface area contributed by atoms with Gasteiger partial charge in [0.15, 0.2) is 0 Å². The molecule has 0 radical (unpaired) electrons. The van der Waals surface area contributed by atoms with Crippen LogP contribution in [-0.2, 0) is 11.2 Å². The molecule has 1 heterocycles. The van der Waals surface area contributed by atoms with Gasteiger partial charge in [-0.15, -0.1) is 0 Å². The molecule has 0 aliphatic carbocycles. The van der Waals surface area contributed by atoms with Gasteiger partial charge >= 0.3 is 0 Å². The number of carbonyl (C=O) groups excluding carboxylic acids is 1. The van der Waals surface area contributed by atoms with Gasteiger partial charge in [-0.05, 0) is 24.1 Å². The number of aromatic nitrogens is 1. The van der Waals surface area contributed by atoms with Crippen molar-refractivity contribution >= 4 is 28.4 Å². The van der Waals surface area contributed by atoms with Crippen LogP contribution in [-0.4, -0.2) is 10.9 Å². The molecular formula is C12H10ClN3O. The largest absolute Gasteiger partial charge is 0.369 e. The third-order valence-corrected chi connectivity index (χ3v) is 2.89. The Labute approximate surface area is 103 Å². The highest BCUT2D eigenvalue weighted by molar-refractivity contribution is 6.31. The number of primary amides is 1. The van der Waals surface area contributed by atoms with Crippen LogP contribution in [0.3, 0.4) is 0 Å². The molecule has 0 fully saturated rings. The molecule has 0 bridgehead atoms. The van der Waals surface area contributed by atoms with E-state index >= 15 is 0 Å². The molecule has 1 aromatic heterocycles. The molecule has 17 heavy (non-hydrogen) atoms. The number of halogens is 1. The van der Waals surface area contributed by atoms with E-state index in [9.17, 15) is 4.79 Å². The molecule has 2 rings (SSSR count). The van der Waals surface area contributed by atoms with Crippen LogP contribution in [0.15, 0.2) is 24.4 Å². The number of nitrogens with zero attached hydrogens (tertiary/aromatic N) is 1. The van der Waals surface area contributed by atoms with E-state index in [1.807, 2.05) is 12.1 Å². The molecule has 0 saturated heterocycles. The molecule has 3 N–H and O–H groups in total. The van der Waals surface area contributed by atoms with Gasteiger partial charge < -0.3 is 10.7 Å². The maximum Gasteiger partial charge on any atom is 0.235 e. The fraction of sp³-hybridized carbons (Fsp3) is 0.167. The fourth-order valence-corrected chi connectivity index (χ4v) is 1.93. The number of nitrogens with two attached hydrogens (primary N) is 1. The van der Waals surface area contributed by atoms with Crippen molar-refractivity contribution in [2.45, 2.75) is 6.42 Å². The number of hydrogen-bond donors (Lipinski definition) is 2. The van der Waals surface area contributed by atoms with Crippen LogP contribution in [0.5, 0.6) is 0 Å². The van der Waals surface area contributed by atoms with Crippen molar-refractivity contribution in [2.75, 3.05) is 0 Å². The Morgan fingerprint density at radius 2 is 2.35 bits per heavy atom. The smallest absolute Gasteiger partial charge is 0.235 e. The predicted molar refractivity (Wildman–Crippen MR) is 65.3 cm³/mol. The lowest BCUT2D eigenvalue weighted by molar-refractivity contribution is -0.120. The highest BCUT2D eigenvalue weighted by atomic mass is 35.5. The summed E-state index contributed by atoms with van der Waals surface area (Å²) in [6, 6.07) is 7.33. The van der Waals surface area contributed by atoms with Crippen LogP contribution in [0.1, 0.15) is 5.56 Å². The second-order valence-electron chi connectivity index (χ2n) is 3.79. The van der Waals surface area contributed by atoms with Crippen LogP contribution in [0.4, 0.5) is 0 Å². The lowest BCUT2D eigenvalue weighted by Gasteiger charge is -2.03. The average molecular weight is 248 g/mol. The summed E-state index contributed by atoms with van der Waals surface area (Å²) in [7, 11) is 0. The van der Waals surface area contributed by atoms with Crippen molar-refractivity contribution in [3.8, 4) is 6.07 Å². The normalized spacial score (nSPS) is 12.2. The third kappa shape index (κ3) is 2.24. The summed E-state index contributed by atoms with van der Waals surface area (Å²) in [5.41, 5.74) is 6.91. The average Bonchev–Trinajstić information content (AvgIpc) is 2.67. The molecule has 4 nitrogen and oxygen atoms in total. The van der Waals surface area contributed by atoms with Gasteiger partial charge in [-0.25, -0.2) is 0 Å². The Morgan fingerprint density at radius 3 is 3.00 bits per heavy atom. The lowest BCUT2D eigenvalue weighted by Crippen LogP contribution is -2.23. The maximum atomic E-state index is 11.0. The van der Waals surface area contributed by atoms with Crippen molar-refractivity contribution in [1.82, 2.24) is 4.98 Å². The van der Waals surface area contributed by atoms with Gasteiger partial charge in [0.25, 0.3) is 0 Å². The number of aromatic amines is 1. The summed E-state index contributed by atoms with van der Waals surface area (Å²) < 4.78 is 0. The number of benzene rings is 1. The Hall–Kier alpha value is -1.99. The first-order valence-electron chi connectivity index (χ1n) is 5.06. The van der Waals surface area contributed by atoms with Crippen molar-refractivity contribution in [3.05, 3.63) is 35.0 Å². The Kier molecular flexibility index (Phi) is 3.03. The molecule has 86 valence electrons. The van der Waals surface area contributed by atoms with Gasteiger partial charge in [0.05, 0.1) is 6.07 Å². The van der Waals surface area contributed by atoms with E-state index in [4.69, 9.17) is 22.6 Å². The summed E-state index contributed by atoms with van der Waals surface area (Å²) >= 11 is 5.86. The minimum atomic E-state index is -0.801. The van der Waals surface area contributed by atoms with Crippen molar-refractivity contribution in [2.24, 2.45) is 11.7 Å². The molecule has 1 atom stereocenters. The Bertz CT molecular complexity index is 612. The number of nitriles is 1. The molecule has 0 unspecified atom stereocenters. The molecular weight excluding hydrogens is 238 g/mol.